The molecule has 6 rings (SSSR count). The van der Waals surface area contributed by atoms with Crippen LogP contribution in [-0.2, 0) is 4.79 Å². The topological polar surface area (TPSA) is 75.4 Å². The number of rotatable bonds is 3. The van der Waals surface area contributed by atoms with Crippen LogP contribution in [0.25, 0.3) is 0 Å². The van der Waals surface area contributed by atoms with Crippen molar-refractivity contribution in [2.75, 3.05) is 13.1 Å². The van der Waals surface area contributed by atoms with Gasteiger partial charge in [-0.05, 0) is 76.0 Å². The third kappa shape index (κ3) is 2.71. The van der Waals surface area contributed by atoms with E-state index in [1.54, 1.807) is 0 Å². The van der Waals surface area contributed by atoms with Crippen molar-refractivity contribution in [3.8, 4) is 0 Å². The number of hydrogen-bond donors (Lipinski definition) is 1. The number of carboxylic acid groups (broad SMARTS) is 1. The highest BCUT2D eigenvalue weighted by molar-refractivity contribution is 5.88. The Bertz CT molecular complexity index is 740. The second-order valence-corrected chi connectivity index (χ2v) is 9.61. The minimum atomic E-state index is -0.923. The second-order valence-electron chi connectivity index (χ2n) is 9.61. The zero-order valence-corrected chi connectivity index (χ0v) is 16.1. The number of carboxylic acids is 1. The number of nitrogens with zero attached hydrogens (tertiary/aromatic N) is 3. The molecule has 4 saturated carbocycles. The van der Waals surface area contributed by atoms with Crippen molar-refractivity contribution in [3.05, 3.63) is 17.5 Å². The summed E-state index contributed by atoms with van der Waals surface area (Å²) >= 11 is 0. The van der Waals surface area contributed by atoms with Gasteiger partial charge in [-0.15, -0.1) is 0 Å². The Hall–Kier alpha value is -1.85. The zero-order chi connectivity index (χ0) is 18.8. The SMILES string of the molecule is Cc1c(C(=O)O)cnn1C1CCN(C(=O)C23CC4CC(CC(C4)C2)C3)CC1. The van der Waals surface area contributed by atoms with E-state index in [1.165, 1.54) is 25.5 Å². The Kier molecular flexibility index (Phi) is 3.89. The summed E-state index contributed by atoms with van der Waals surface area (Å²) in [5.41, 5.74) is 0.940. The number of hydrogen-bond acceptors (Lipinski definition) is 3. The molecule has 5 aliphatic rings. The van der Waals surface area contributed by atoms with Crippen molar-refractivity contribution in [2.24, 2.45) is 23.2 Å². The fraction of sp³-hybridized carbons (Fsp3) is 0.762. The normalized spacial score (nSPS) is 35.6. The van der Waals surface area contributed by atoms with Crippen molar-refractivity contribution in [3.63, 3.8) is 0 Å². The van der Waals surface area contributed by atoms with E-state index in [4.69, 9.17) is 0 Å². The maximum atomic E-state index is 13.5. The predicted molar refractivity (Wildman–Crippen MR) is 99.4 cm³/mol. The van der Waals surface area contributed by atoms with Gasteiger partial charge < -0.3 is 10.0 Å². The van der Waals surface area contributed by atoms with Crippen LogP contribution in [0.2, 0.25) is 0 Å². The first kappa shape index (κ1) is 17.3. The molecule has 0 radical (unpaired) electrons. The average Bonchev–Trinajstić information content (AvgIpc) is 3.02. The third-order valence-corrected chi connectivity index (χ3v) is 7.86. The first-order valence-corrected chi connectivity index (χ1v) is 10.5. The number of aromatic carboxylic acids is 1. The van der Waals surface area contributed by atoms with Crippen molar-refractivity contribution in [2.45, 2.75) is 64.3 Å². The molecule has 146 valence electrons. The quantitative estimate of drug-likeness (QED) is 0.885. The van der Waals surface area contributed by atoms with Crippen LogP contribution in [0.1, 0.15) is 73.5 Å². The van der Waals surface area contributed by atoms with Crippen LogP contribution in [0.4, 0.5) is 0 Å². The maximum Gasteiger partial charge on any atom is 0.339 e. The minimum absolute atomic E-state index is 0.0559. The molecule has 27 heavy (non-hydrogen) atoms. The van der Waals surface area contributed by atoms with Gasteiger partial charge in [0.15, 0.2) is 0 Å². The van der Waals surface area contributed by atoms with Gasteiger partial charge in [-0.1, -0.05) is 0 Å². The largest absolute Gasteiger partial charge is 0.478 e. The molecule has 1 N–H and O–H groups in total. The maximum absolute atomic E-state index is 13.5. The number of aromatic nitrogens is 2. The van der Waals surface area contributed by atoms with Gasteiger partial charge in [0.1, 0.15) is 5.56 Å². The molecule has 2 heterocycles. The van der Waals surface area contributed by atoms with Crippen molar-refractivity contribution < 1.29 is 14.7 Å². The van der Waals surface area contributed by atoms with Gasteiger partial charge in [0.25, 0.3) is 0 Å². The standard InChI is InChI=1S/C21H29N3O3/c1-13-18(19(25)26)12-22-24(13)17-2-4-23(5-3-17)20(27)21-9-14-6-15(10-21)8-16(7-14)11-21/h12,14-17H,2-11H2,1H3,(H,25,26). The highest BCUT2D eigenvalue weighted by Crippen LogP contribution is 2.60. The van der Waals surface area contributed by atoms with E-state index in [1.807, 2.05) is 11.6 Å². The van der Waals surface area contributed by atoms with Gasteiger partial charge in [0, 0.05) is 13.1 Å². The highest BCUT2D eigenvalue weighted by Gasteiger charge is 2.55. The van der Waals surface area contributed by atoms with Gasteiger partial charge in [-0.25, -0.2) is 4.79 Å². The molecule has 0 unspecified atom stereocenters. The van der Waals surface area contributed by atoms with Crippen LogP contribution in [0, 0.1) is 30.1 Å². The molecule has 1 aliphatic heterocycles. The van der Waals surface area contributed by atoms with Crippen molar-refractivity contribution >= 4 is 11.9 Å². The lowest BCUT2D eigenvalue weighted by Gasteiger charge is -2.57. The molecule has 0 atom stereocenters. The zero-order valence-electron chi connectivity index (χ0n) is 16.1. The van der Waals surface area contributed by atoms with E-state index in [-0.39, 0.29) is 17.0 Å². The lowest BCUT2D eigenvalue weighted by Crippen LogP contribution is -2.55. The Morgan fingerprint density at radius 1 is 1.07 bits per heavy atom. The summed E-state index contributed by atoms with van der Waals surface area (Å²) in [5.74, 6) is 1.87. The molecule has 1 amide bonds. The van der Waals surface area contributed by atoms with Gasteiger partial charge in [-0.3, -0.25) is 9.48 Å². The first-order valence-electron chi connectivity index (χ1n) is 10.5. The molecule has 0 spiro atoms. The number of piperidine rings is 1. The van der Waals surface area contributed by atoms with E-state index in [0.29, 0.717) is 11.6 Å². The van der Waals surface area contributed by atoms with Crippen LogP contribution >= 0.6 is 0 Å². The van der Waals surface area contributed by atoms with E-state index >= 15 is 0 Å². The molecule has 0 aromatic carbocycles. The summed E-state index contributed by atoms with van der Waals surface area (Å²) in [6, 6.07) is 0.193. The number of likely N-dealkylation sites (tertiary alicyclic amines) is 1. The van der Waals surface area contributed by atoms with E-state index in [2.05, 4.69) is 10.00 Å². The average molecular weight is 371 g/mol. The van der Waals surface area contributed by atoms with Gasteiger partial charge >= 0.3 is 5.97 Å². The number of amides is 1. The summed E-state index contributed by atoms with van der Waals surface area (Å²) < 4.78 is 1.86. The summed E-state index contributed by atoms with van der Waals surface area (Å²) in [4.78, 5) is 26.9. The molecular formula is C21H29N3O3. The molecule has 4 aliphatic carbocycles. The summed E-state index contributed by atoms with van der Waals surface area (Å²) in [6.07, 6.45) is 10.6. The smallest absolute Gasteiger partial charge is 0.339 e. The van der Waals surface area contributed by atoms with Crippen molar-refractivity contribution in [1.82, 2.24) is 14.7 Å². The number of carbonyl (C=O) groups excluding carboxylic acids is 1. The fourth-order valence-electron chi connectivity index (χ4n) is 7.02. The summed E-state index contributed by atoms with van der Waals surface area (Å²) in [7, 11) is 0. The molecule has 1 aromatic heterocycles. The molecule has 1 aromatic rings. The van der Waals surface area contributed by atoms with Crippen LogP contribution in [0.3, 0.4) is 0 Å². The Labute approximate surface area is 159 Å². The van der Waals surface area contributed by atoms with E-state index < -0.39 is 5.97 Å². The van der Waals surface area contributed by atoms with Crippen LogP contribution < -0.4 is 0 Å². The van der Waals surface area contributed by atoms with E-state index in [0.717, 1.165) is 62.9 Å². The predicted octanol–water partition coefficient (Wildman–Crippen LogP) is 3.27. The highest BCUT2D eigenvalue weighted by atomic mass is 16.4. The summed E-state index contributed by atoms with van der Waals surface area (Å²) in [5, 5.41) is 13.6. The lowest BCUT2D eigenvalue weighted by atomic mass is 9.49. The first-order chi connectivity index (χ1) is 12.9. The van der Waals surface area contributed by atoms with E-state index in [9.17, 15) is 14.7 Å². The Morgan fingerprint density at radius 2 is 1.63 bits per heavy atom. The second kappa shape index (κ2) is 6.08. The lowest BCUT2D eigenvalue weighted by molar-refractivity contribution is -0.159. The van der Waals surface area contributed by atoms with Crippen LogP contribution in [-0.4, -0.2) is 44.8 Å². The van der Waals surface area contributed by atoms with Gasteiger partial charge in [-0.2, -0.15) is 5.10 Å². The Morgan fingerprint density at radius 3 is 2.11 bits per heavy atom. The minimum Gasteiger partial charge on any atom is -0.478 e. The molecular weight excluding hydrogens is 342 g/mol. The third-order valence-electron chi connectivity index (χ3n) is 7.86. The fourth-order valence-corrected chi connectivity index (χ4v) is 7.02. The van der Waals surface area contributed by atoms with Crippen LogP contribution in [0.15, 0.2) is 6.20 Å². The van der Waals surface area contributed by atoms with Gasteiger partial charge in [0.05, 0.1) is 23.3 Å². The van der Waals surface area contributed by atoms with Crippen LogP contribution in [0.5, 0.6) is 0 Å². The molecule has 5 fully saturated rings. The molecule has 1 saturated heterocycles. The molecule has 6 nitrogen and oxygen atoms in total. The summed E-state index contributed by atoms with van der Waals surface area (Å²) in [6.45, 7) is 3.36. The van der Waals surface area contributed by atoms with Crippen molar-refractivity contribution in [1.29, 1.82) is 0 Å². The molecule has 6 heteroatoms. The number of carbonyl (C=O) groups is 2. The van der Waals surface area contributed by atoms with Gasteiger partial charge in [0.2, 0.25) is 5.91 Å². The monoisotopic (exact) mass is 371 g/mol. The molecule has 4 bridgehead atoms. The Balaban J connectivity index is 1.27.